The number of benzene rings is 1. The van der Waals surface area contributed by atoms with Gasteiger partial charge < -0.3 is 15.2 Å². The fourth-order valence-corrected chi connectivity index (χ4v) is 4.24. The standard InChI is InChI=1S/C20H28N6/c1-14-24-25-19-10-7-15(13-26(14)19)11-22-20(21-2)23-12-17-9-8-16-5-3-4-6-18(16)17/h3-6,15,17H,7-13H2,1-2H3,(H2,21,22,23). The predicted octanol–water partition coefficient (Wildman–Crippen LogP) is 2.04. The maximum absolute atomic E-state index is 4.40. The zero-order valence-electron chi connectivity index (χ0n) is 15.7. The van der Waals surface area contributed by atoms with Crippen LogP contribution in [0.5, 0.6) is 0 Å². The fraction of sp³-hybridized carbons (Fsp3) is 0.550. The quantitative estimate of drug-likeness (QED) is 0.653. The monoisotopic (exact) mass is 352 g/mol. The highest BCUT2D eigenvalue weighted by Crippen LogP contribution is 2.32. The minimum atomic E-state index is 0.585. The Labute approximate surface area is 155 Å². The molecule has 6 heteroatoms. The minimum Gasteiger partial charge on any atom is -0.356 e. The third-order valence-corrected chi connectivity index (χ3v) is 5.78. The van der Waals surface area contributed by atoms with E-state index in [-0.39, 0.29) is 0 Å². The summed E-state index contributed by atoms with van der Waals surface area (Å²) in [6.07, 6.45) is 4.58. The van der Waals surface area contributed by atoms with Gasteiger partial charge in [0.1, 0.15) is 11.6 Å². The zero-order chi connectivity index (χ0) is 17.9. The van der Waals surface area contributed by atoms with Crippen molar-refractivity contribution in [3.63, 3.8) is 0 Å². The van der Waals surface area contributed by atoms with Crippen molar-refractivity contribution < 1.29 is 0 Å². The lowest BCUT2D eigenvalue weighted by molar-refractivity contribution is 0.358. The normalized spacial score (nSPS) is 22.0. The Balaban J connectivity index is 1.28. The Hall–Kier alpha value is -2.37. The van der Waals surface area contributed by atoms with E-state index < -0.39 is 0 Å². The van der Waals surface area contributed by atoms with E-state index in [0.29, 0.717) is 11.8 Å². The molecule has 0 fully saturated rings. The number of nitrogens with zero attached hydrogens (tertiary/aromatic N) is 4. The maximum Gasteiger partial charge on any atom is 0.191 e. The van der Waals surface area contributed by atoms with Gasteiger partial charge in [-0.15, -0.1) is 10.2 Å². The predicted molar refractivity (Wildman–Crippen MR) is 103 cm³/mol. The first kappa shape index (κ1) is 17.1. The molecule has 138 valence electrons. The maximum atomic E-state index is 4.40. The molecule has 1 aromatic heterocycles. The topological polar surface area (TPSA) is 67.1 Å². The van der Waals surface area contributed by atoms with Crippen molar-refractivity contribution >= 4 is 5.96 Å². The van der Waals surface area contributed by atoms with Crippen molar-refractivity contribution in [2.45, 2.75) is 45.1 Å². The molecule has 0 saturated carbocycles. The molecule has 1 aliphatic heterocycles. The van der Waals surface area contributed by atoms with Gasteiger partial charge in [-0.25, -0.2) is 0 Å². The molecule has 0 amide bonds. The van der Waals surface area contributed by atoms with Gasteiger partial charge in [0.15, 0.2) is 5.96 Å². The highest BCUT2D eigenvalue weighted by molar-refractivity contribution is 5.79. The van der Waals surface area contributed by atoms with E-state index >= 15 is 0 Å². The van der Waals surface area contributed by atoms with E-state index in [4.69, 9.17) is 0 Å². The summed E-state index contributed by atoms with van der Waals surface area (Å²) in [4.78, 5) is 4.40. The van der Waals surface area contributed by atoms with Crippen molar-refractivity contribution in [2.24, 2.45) is 10.9 Å². The number of aryl methyl sites for hydroxylation is 3. The fourth-order valence-electron chi connectivity index (χ4n) is 4.24. The average molecular weight is 352 g/mol. The number of nitrogens with one attached hydrogen (secondary N) is 2. The van der Waals surface area contributed by atoms with Crippen LogP contribution >= 0.6 is 0 Å². The molecule has 0 bridgehead atoms. The third kappa shape index (κ3) is 3.45. The second-order valence-electron chi connectivity index (χ2n) is 7.45. The molecular weight excluding hydrogens is 324 g/mol. The lowest BCUT2D eigenvalue weighted by Crippen LogP contribution is -2.42. The largest absolute Gasteiger partial charge is 0.356 e. The summed E-state index contributed by atoms with van der Waals surface area (Å²) >= 11 is 0. The molecule has 2 atom stereocenters. The van der Waals surface area contributed by atoms with Gasteiger partial charge in [0, 0.05) is 39.0 Å². The van der Waals surface area contributed by atoms with Crippen LogP contribution in [0.15, 0.2) is 29.3 Å². The summed E-state index contributed by atoms with van der Waals surface area (Å²) in [6, 6.07) is 8.81. The van der Waals surface area contributed by atoms with E-state index in [0.717, 1.165) is 50.1 Å². The lowest BCUT2D eigenvalue weighted by Gasteiger charge is -2.25. The third-order valence-electron chi connectivity index (χ3n) is 5.78. The molecule has 0 saturated heterocycles. The van der Waals surface area contributed by atoms with E-state index in [1.807, 2.05) is 14.0 Å². The summed E-state index contributed by atoms with van der Waals surface area (Å²) in [6.45, 7) is 4.90. The van der Waals surface area contributed by atoms with Crippen molar-refractivity contribution in [3.05, 3.63) is 47.0 Å². The van der Waals surface area contributed by atoms with Gasteiger partial charge in [-0.1, -0.05) is 24.3 Å². The van der Waals surface area contributed by atoms with Gasteiger partial charge in [0.2, 0.25) is 0 Å². The molecule has 2 aliphatic rings. The van der Waals surface area contributed by atoms with Crippen LogP contribution in [0.4, 0.5) is 0 Å². The van der Waals surface area contributed by atoms with E-state index in [2.05, 4.69) is 54.7 Å². The Morgan fingerprint density at radius 3 is 2.88 bits per heavy atom. The molecule has 1 aromatic carbocycles. The van der Waals surface area contributed by atoms with Gasteiger partial charge in [-0.05, 0) is 43.2 Å². The van der Waals surface area contributed by atoms with Gasteiger partial charge in [0.05, 0.1) is 0 Å². The zero-order valence-corrected chi connectivity index (χ0v) is 15.7. The molecule has 4 rings (SSSR count). The summed E-state index contributed by atoms with van der Waals surface area (Å²) in [5.74, 6) is 4.22. The first-order valence-corrected chi connectivity index (χ1v) is 9.65. The number of hydrogen-bond acceptors (Lipinski definition) is 3. The number of aromatic nitrogens is 3. The van der Waals surface area contributed by atoms with Crippen molar-refractivity contribution in [2.75, 3.05) is 20.1 Å². The second kappa shape index (κ2) is 7.48. The second-order valence-corrected chi connectivity index (χ2v) is 7.45. The van der Waals surface area contributed by atoms with Crippen LogP contribution in [-0.2, 0) is 19.4 Å². The Kier molecular flexibility index (Phi) is 4.91. The molecule has 0 radical (unpaired) electrons. The smallest absolute Gasteiger partial charge is 0.191 e. The molecular formula is C20H28N6. The Morgan fingerprint density at radius 1 is 1.15 bits per heavy atom. The Morgan fingerprint density at radius 2 is 2.00 bits per heavy atom. The van der Waals surface area contributed by atoms with Crippen LogP contribution in [-0.4, -0.2) is 40.9 Å². The summed E-state index contributed by atoms with van der Waals surface area (Å²) in [5, 5.41) is 15.5. The Bertz CT molecular complexity index is 793. The number of fused-ring (bicyclic) bond motifs is 2. The van der Waals surface area contributed by atoms with Crippen molar-refractivity contribution in [1.29, 1.82) is 0 Å². The molecule has 26 heavy (non-hydrogen) atoms. The van der Waals surface area contributed by atoms with Crippen molar-refractivity contribution in [3.8, 4) is 0 Å². The first-order valence-electron chi connectivity index (χ1n) is 9.65. The highest BCUT2D eigenvalue weighted by atomic mass is 15.3. The number of aliphatic imine (C=N–C) groups is 1. The average Bonchev–Trinajstić information content (AvgIpc) is 3.26. The summed E-state index contributed by atoms with van der Waals surface area (Å²) in [5.41, 5.74) is 3.00. The summed E-state index contributed by atoms with van der Waals surface area (Å²) in [7, 11) is 1.85. The molecule has 2 heterocycles. The van der Waals surface area contributed by atoms with E-state index in [9.17, 15) is 0 Å². The van der Waals surface area contributed by atoms with Crippen LogP contribution in [0.1, 0.15) is 41.5 Å². The number of hydrogen-bond donors (Lipinski definition) is 2. The van der Waals surface area contributed by atoms with Gasteiger partial charge in [0.25, 0.3) is 0 Å². The van der Waals surface area contributed by atoms with Crippen LogP contribution in [0.3, 0.4) is 0 Å². The minimum absolute atomic E-state index is 0.585. The molecule has 2 N–H and O–H groups in total. The molecule has 2 aromatic rings. The summed E-state index contributed by atoms with van der Waals surface area (Å²) < 4.78 is 2.25. The number of guanidine groups is 1. The van der Waals surface area contributed by atoms with Crippen molar-refractivity contribution in [1.82, 2.24) is 25.4 Å². The van der Waals surface area contributed by atoms with Gasteiger partial charge in [-0.3, -0.25) is 4.99 Å². The lowest BCUT2D eigenvalue weighted by atomic mass is 9.99. The molecule has 2 unspecified atom stereocenters. The van der Waals surface area contributed by atoms with E-state index in [1.54, 1.807) is 0 Å². The molecule has 1 aliphatic carbocycles. The van der Waals surface area contributed by atoms with E-state index in [1.165, 1.54) is 24.0 Å². The SMILES string of the molecule is CN=C(NCC1CCc2nnc(C)n2C1)NCC1CCc2ccccc21. The first-order chi connectivity index (χ1) is 12.7. The van der Waals surface area contributed by atoms with Gasteiger partial charge in [-0.2, -0.15) is 0 Å². The molecule has 6 nitrogen and oxygen atoms in total. The number of rotatable bonds is 4. The van der Waals surface area contributed by atoms with Crippen LogP contribution in [0.2, 0.25) is 0 Å². The van der Waals surface area contributed by atoms with Crippen LogP contribution in [0, 0.1) is 12.8 Å². The molecule has 0 spiro atoms. The van der Waals surface area contributed by atoms with Crippen LogP contribution in [0.25, 0.3) is 0 Å². The highest BCUT2D eigenvalue weighted by Gasteiger charge is 2.23. The van der Waals surface area contributed by atoms with Crippen LogP contribution < -0.4 is 10.6 Å². The van der Waals surface area contributed by atoms with Gasteiger partial charge >= 0.3 is 0 Å².